The summed E-state index contributed by atoms with van der Waals surface area (Å²) in [6.45, 7) is 5.54. The molecule has 0 spiro atoms. The van der Waals surface area contributed by atoms with Crippen molar-refractivity contribution >= 4 is 5.69 Å². The average molecular weight is 237 g/mol. The molecule has 0 saturated carbocycles. The van der Waals surface area contributed by atoms with Crippen molar-refractivity contribution in [3.63, 3.8) is 0 Å². The minimum absolute atomic E-state index is 0.600. The molecular formula is C17H19N. The fraction of sp³-hybridized carbons (Fsp3) is 0.294. The second-order valence-corrected chi connectivity index (χ2v) is 5.33. The minimum atomic E-state index is 0.600. The van der Waals surface area contributed by atoms with Gasteiger partial charge >= 0.3 is 0 Å². The van der Waals surface area contributed by atoms with Gasteiger partial charge < -0.3 is 5.32 Å². The first-order valence-electron chi connectivity index (χ1n) is 6.71. The highest BCUT2D eigenvalue weighted by molar-refractivity contribution is 5.70. The zero-order chi connectivity index (χ0) is 12.5. The smallest absolute Gasteiger partial charge is 0.0373 e. The Bertz CT molecular complexity index is 552. The fourth-order valence-corrected chi connectivity index (χ4v) is 2.54. The van der Waals surface area contributed by atoms with Crippen LogP contribution in [0.25, 0.3) is 11.1 Å². The monoisotopic (exact) mass is 237 g/mol. The molecule has 18 heavy (non-hydrogen) atoms. The molecule has 0 atom stereocenters. The van der Waals surface area contributed by atoms with Gasteiger partial charge in [-0.3, -0.25) is 0 Å². The number of hydrogen-bond donors (Lipinski definition) is 1. The molecule has 1 aliphatic rings. The van der Waals surface area contributed by atoms with Crippen LogP contribution in [0.5, 0.6) is 0 Å². The lowest BCUT2D eigenvalue weighted by Crippen LogP contribution is -1.90. The standard InChI is InChI=1S/C17H19N/c1-12(2)13-3-5-14(6-4-13)15-7-8-17-16(11-15)9-10-18-17/h3-8,11-12,18H,9-10H2,1-2H3. The van der Waals surface area contributed by atoms with Crippen molar-refractivity contribution in [3.05, 3.63) is 53.6 Å². The first-order valence-corrected chi connectivity index (χ1v) is 6.71. The molecule has 3 rings (SSSR count). The highest BCUT2D eigenvalue weighted by atomic mass is 14.9. The molecule has 0 aromatic heterocycles. The first-order chi connectivity index (χ1) is 8.74. The van der Waals surface area contributed by atoms with E-state index in [0.717, 1.165) is 13.0 Å². The maximum atomic E-state index is 3.40. The highest BCUT2D eigenvalue weighted by Gasteiger charge is 2.10. The second-order valence-electron chi connectivity index (χ2n) is 5.33. The second kappa shape index (κ2) is 4.49. The van der Waals surface area contributed by atoms with Crippen LogP contribution < -0.4 is 5.32 Å². The molecule has 0 radical (unpaired) electrons. The van der Waals surface area contributed by atoms with Gasteiger partial charge in [-0.1, -0.05) is 44.2 Å². The van der Waals surface area contributed by atoms with E-state index in [2.05, 4.69) is 61.6 Å². The van der Waals surface area contributed by atoms with Crippen LogP contribution >= 0.6 is 0 Å². The molecule has 0 aliphatic carbocycles. The first kappa shape index (κ1) is 11.3. The van der Waals surface area contributed by atoms with Crippen molar-refractivity contribution in [2.75, 3.05) is 11.9 Å². The molecular weight excluding hydrogens is 218 g/mol. The van der Waals surface area contributed by atoms with Crippen molar-refractivity contribution < 1.29 is 0 Å². The fourth-order valence-electron chi connectivity index (χ4n) is 2.54. The topological polar surface area (TPSA) is 12.0 Å². The van der Waals surface area contributed by atoms with E-state index in [1.54, 1.807) is 0 Å². The Morgan fingerprint density at radius 1 is 0.944 bits per heavy atom. The van der Waals surface area contributed by atoms with Crippen molar-refractivity contribution in [1.82, 2.24) is 0 Å². The summed E-state index contributed by atoms with van der Waals surface area (Å²) in [5, 5.41) is 3.40. The number of benzene rings is 2. The van der Waals surface area contributed by atoms with E-state index in [1.165, 1.54) is 27.9 Å². The summed E-state index contributed by atoms with van der Waals surface area (Å²) in [6, 6.07) is 15.7. The molecule has 2 aromatic rings. The summed E-state index contributed by atoms with van der Waals surface area (Å²) in [5.41, 5.74) is 6.79. The summed E-state index contributed by atoms with van der Waals surface area (Å²) in [7, 11) is 0. The number of nitrogens with one attached hydrogen (secondary N) is 1. The van der Waals surface area contributed by atoms with Gasteiger partial charge in [-0.05, 0) is 46.7 Å². The van der Waals surface area contributed by atoms with E-state index in [1.807, 2.05) is 0 Å². The van der Waals surface area contributed by atoms with Gasteiger partial charge in [-0.25, -0.2) is 0 Å². The Kier molecular flexibility index (Phi) is 2.83. The Hall–Kier alpha value is -1.76. The molecule has 0 amide bonds. The molecule has 0 unspecified atom stereocenters. The van der Waals surface area contributed by atoms with Crippen LogP contribution in [-0.4, -0.2) is 6.54 Å². The number of anilines is 1. The third-order valence-corrected chi connectivity index (χ3v) is 3.73. The van der Waals surface area contributed by atoms with Crippen LogP contribution in [0.15, 0.2) is 42.5 Å². The molecule has 92 valence electrons. The normalized spacial score (nSPS) is 13.5. The average Bonchev–Trinajstić information content (AvgIpc) is 2.86. The lowest BCUT2D eigenvalue weighted by Gasteiger charge is -2.08. The van der Waals surface area contributed by atoms with E-state index < -0.39 is 0 Å². The van der Waals surface area contributed by atoms with Crippen LogP contribution in [0.4, 0.5) is 5.69 Å². The van der Waals surface area contributed by atoms with Gasteiger partial charge in [0.1, 0.15) is 0 Å². The Morgan fingerprint density at radius 2 is 1.67 bits per heavy atom. The lowest BCUT2D eigenvalue weighted by molar-refractivity contribution is 0.867. The summed E-state index contributed by atoms with van der Waals surface area (Å²) in [5.74, 6) is 0.600. The number of rotatable bonds is 2. The molecule has 2 aromatic carbocycles. The van der Waals surface area contributed by atoms with Gasteiger partial charge in [0, 0.05) is 12.2 Å². The highest BCUT2D eigenvalue weighted by Crippen LogP contribution is 2.29. The van der Waals surface area contributed by atoms with Gasteiger partial charge in [-0.2, -0.15) is 0 Å². The van der Waals surface area contributed by atoms with E-state index in [9.17, 15) is 0 Å². The van der Waals surface area contributed by atoms with Crippen molar-refractivity contribution in [3.8, 4) is 11.1 Å². The maximum Gasteiger partial charge on any atom is 0.0373 e. The molecule has 1 heterocycles. The van der Waals surface area contributed by atoms with Crippen LogP contribution in [-0.2, 0) is 6.42 Å². The zero-order valence-corrected chi connectivity index (χ0v) is 11.0. The van der Waals surface area contributed by atoms with Gasteiger partial charge in [0.15, 0.2) is 0 Å². The van der Waals surface area contributed by atoms with Gasteiger partial charge in [0.2, 0.25) is 0 Å². The summed E-state index contributed by atoms with van der Waals surface area (Å²) >= 11 is 0. The summed E-state index contributed by atoms with van der Waals surface area (Å²) in [6.07, 6.45) is 1.15. The van der Waals surface area contributed by atoms with Crippen LogP contribution in [0.2, 0.25) is 0 Å². The Labute approximate surface area is 109 Å². The Morgan fingerprint density at radius 3 is 2.39 bits per heavy atom. The molecule has 1 heteroatoms. The molecule has 1 aliphatic heterocycles. The van der Waals surface area contributed by atoms with Gasteiger partial charge in [0.05, 0.1) is 0 Å². The van der Waals surface area contributed by atoms with Gasteiger partial charge in [0.25, 0.3) is 0 Å². The van der Waals surface area contributed by atoms with Crippen LogP contribution in [0.3, 0.4) is 0 Å². The third-order valence-electron chi connectivity index (χ3n) is 3.73. The van der Waals surface area contributed by atoms with E-state index >= 15 is 0 Å². The number of hydrogen-bond acceptors (Lipinski definition) is 1. The summed E-state index contributed by atoms with van der Waals surface area (Å²) in [4.78, 5) is 0. The molecule has 0 saturated heterocycles. The molecule has 1 nitrogen and oxygen atoms in total. The zero-order valence-electron chi connectivity index (χ0n) is 11.0. The van der Waals surface area contributed by atoms with E-state index in [-0.39, 0.29) is 0 Å². The van der Waals surface area contributed by atoms with Crippen molar-refractivity contribution in [2.24, 2.45) is 0 Å². The molecule has 0 bridgehead atoms. The van der Waals surface area contributed by atoms with E-state index in [0.29, 0.717) is 5.92 Å². The maximum absolute atomic E-state index is 3.40. The minimum Gasteiger partial charge on any atom is -0.384 e. The van der Waals surface area contributed by atoms with Crippen LogP contribution in [0.1, 0.15) is 30.9 Å². The predicted molar refractivity (Wildman–Crippen MR) is 78.2 cm³/mol. The quantitative estimate of drug-likeness (QED) is 0.814. The van der Waals surface area contributed by atoms with Crippen LogP contribution in [0, 0.1) is 0 Å². The van der Waals surface area contributed by atoms with Crippen molar-refractivity contribution in [1.29, 1.82) is 0 Å². The lowest BCUT2D eigenvalue weighted by atomic mass is 9.97. The van der Waals surface area contributed by atoms with Gasteiger partial charge in [-0.15, -0.1) is 0 Å². The number of fused-ring (bicyclic) bond motifs is 1. The molecule has 1 N–H and O–H groups in total. The van der Waals surface area contributed by atoms with E-state index in [4.69, 9.17) is 0 Å². The molecule has 0 fully saturated rings. The Balaban J connectivity index is 1.95. The van der Waals surface area contributed by atoms with Crippen molar-refractivity contribution in [2.45, 2.75) is 26.2 Å². The largest absolute Gasteiger partial charge is 0.384 e. The third kappa shape index (κ3) is 2.01. The predicted octanol–water partition coefficient (Wildman–Crippen LogP) is 4.45. The summed E-state index contributed by atoms with van der Waals surface area (Å²) < 4.78 is 0. The SMILES string of the molecule is CC(C)c1ccc(-c2ccc3c(c2)CCN3)cc1.